The van der Waals surface area contributed by atoms with Gasteiger partial charge in [0, 0.05) is 29.9 Å². The van der Waals surface area contributed by atoms with E-state index in [1.807, 2.05) is 24.3 Å². The highest BCUT2D eigenvalue weighted by Gasteiger charge is 2.30. The second-order valence-electron chi connectivity index (χ2n) is 5.58. The Kier molecular flexibility index (Phi) is 5.52. The number of nitrogens with two attached hydrogens (primary N) is 1. The molecule has 3 rings (SSSR count). The second-order valence-corrected chi connectivity index (χ2v) is 7.48. The van der Waals surface area contributed by atoms with Gasteiger partial charge in [0.1, 0.15) is 5.75 Å². The van der Waals surface area contributed by atoms with E-state index in [1.165, 1.54) is 4.31 Å². The van der Waals surface area contributed by atoms with Gasteiger partial charge in [-0.05, 0) is 25.0 Å². The summed E-state index contributed by atoms with van der Waals surface area (Å²) in [5.74, 6) is 0.671. The third-order valence-corrected chi connectivity index (χ3v) is 6.03. The van der Waals surface area contributed by atoms with Crippen LogP contribution in [0.25, 0.3) is 10.8 Å². The van der Waals surface area contributed by atoms with Gasteiger partial charge in [0.2, 0.25) is 10.0 Å². The first kappa shape index (κ1) is 18.0. The highest BCUT2D eigenvalue weighted by Crippen LogP contribution is 2.32. The van der Waals surface area contributed by atoms with E-state index in [4.69, 9.17) is 10.5 Å². The second kappa shape index (κ2) is 7.05. The standard InChI is InChI=1S/C16H20N2O3S.ClH/c1-21-15-8-9-16(14-7-3-2-6-13(14)15)22(19,20)18-10-4-5-12(17)11-18;/h2-3,6-9,12H,4-5,10-11,17H2,1H3;1H. The van der Waals surface area contributed by atoms with Crippen LogP contribution in [0.15, 0.2) is 41.3 Å². The van der Waals surface area contributed by atoms with Crippen molar-refractivity contribution in [2.75, 3.05) is 20.2 Å². The van der Waals surface area contributed by atoms with Gasteiger partial charge in [0.15, 0.2) is 0 Å². The smallest absolute Gasteiger partial charge is 0.243 e. The number of nitrogens with zero attached hydrogens (tertiary/aromatic N) is 1. The van der Waals surface area contributed by atoms with E-state index in [-0.39, 0.29) is 18.4 Å². The van der Waals surface area contributed by atoms with E-state index in [0.29, 0.717) is 29.1 Å². The molecule has 126 valence electrons. The summed E-state index contributed by atoms with van der Waals surface area (Å²) in [6.45, 7) is 0.902. The van der Waals surface area contributed by atoms with Crippen molar-refractivity contribution in [1.29, 1.82) is 0 Å². The molecule has 1 heterocycles. The van der Waals surface area contributed by atoms with Gasteiger partial charge in [-0.25, -0.2) is 8.42 Å². The van der Waals surface area contributed by atoms with Gasteiger partial charge in [-0.2, -0.15) is 4.31 Å². The monoisotopic (exact) mass is 356 g/mol. The lowest BCUT2D eigenvalue weighted by molar-refractivity contribution is 0.316. The van der Waals surface area contributed by atoms with Crippen molar-refractivity contribution in [2.24, 2.45) is 5.73 Å². The molecule has 0 radical (unpaired) electrons. The van der Waals surface area contributed by atoms with Crippen LogP contribution >= 0.6 is 12.4 Å². The van der Waals surface area contributed by atoms with Gasteiger partial charge in [-0.15, -0.1) is 12.4 Å². The Morgan fingerprint density at radius 2 is 1.87 bits per heavy atom. The van der Waals surface area contributed by atoms with Gasteiger partial charge < -0.3 is 10.5 Å². The fraction of sp³-hybridized carbons (Fsp3) is 0.375. The van der Waals surface area contributed by atoms with Crippen molar-refractivity contribution < 1.29 is 13.2 Å². The summed E-state index contributed by atoms with van der Waals surface area (Å²) in [7, 11) is -1.97. The zero-order chi connectivity index (χ0) is 15.7. The Balaban J connectivity index is 0.00000192. The molecule has 0 aliphatic carbocycles. The van der Waals surface area contributed by atoms with Gasteiger partial charge in [0.25, 0.3) is 0 Å². The number of halogens is 1. The number of hydrogen-bond donors (Lipinski definition) is 1. The first-order chi connectivity index (χ1) is 10.5. The predicted molar refractivity (Wildman–Crippen MR) is 93.7 cm³/mol. The molecule has 2 aromatic rings. The number of ether oxygens (including phenoxy) is 1. The third-order valence-electron chi connectivity index (χ3n) is 4.10. The fourth-order valence-electron chi connectivity index (χ4n) is 2.98. The summed E-state index contributed by atoms with van der Waals surface area (Å²) in [4.78, 5) is 0.318. The maximum Gasteiger partial charge on any atom is 0.243 e. The molecule has 1 unspecified atom stereocenters. The van der Waals surface area contributed by atoms with Crippen LogP contribution in [0.1, 0.15) is 12.8 Å². The SMILES string of the molecule is COc1ccc(S(=O)(=O)N2CCCC(N)C2)c2ccccc12.Cl. The summed E-state index contributed by atoms with van der Waals surface area (Å²) >= 11 is 0. The van der Waals surface area contributed by atoms with Crippen molar-refractivity contribution in [3.05, 3.63) is 36.4 Å². The van der Waals surface area contributed by atoms with Crippen LogP contribution < -0.4 is 10.5 Å². The van der Waals surface area contributed by atoms with Gasteiger partial charge in [-0.1, -0.05) is 24.3 Å². The number of benzene rings is 2. The zero-order valence-electron chi connectivity index (χ0n) is 12.9. The molecule has 1 saturated heterocycles. The zero-order valence-corrected chi connectivity index (χ0v) is 14.6. The lowest BCUT2D eigenvalue weighted by Crippen LogP contribution is -2.45. The predicted octanol–water partition coefficient (Wildman–Crippen LogP) is 2.38. The average molecular weight is 357 g/mol. The lowest BCUT2D eigenvalue weighted by Gasteiger charge is -2.30. The molecule has 23 heavy (non-hydrogen) atoms. The maximum atomic E-state index is 13.0. The van der Waals surface area contributed by atoms with E-state index in [9.17, 15) is 8.42 Å². The van der Waals surface area contributed by atoms with Crippen molar-refractivity contribution in [1.82, 2.24) is 4.31 Å². The summed E-state index contributed by atoms with van der Waals surface area (Å²) < 4.78 is 32.8. The summed E-state index contributed by atoms with van der Waals surface area (Å²) in [5.41, 5.74) is 5.93. The number of piperidine rings is 1. The molecule has 0 aromatic heterocycles. The molecule has 2 N–H and O–H groups in total. The lowest BCUT2D eigenvalue weighted by atomic mass is 10.1. The molecular weight excluding hydrogens is 336 g/mol. The van der Waals surface area contributed by atoms with E-state index in [1.54, 1.807) is 19.2 Å². The van der Waals surface area contributed by atoms with Crippen molar-refractivity contribution in [3.8, 4) is 5.75 Å². The van der Waals surface area contributed by atoms with E-state index in [2.05, 4.69) is 0 Å². The van der Waals surface area contributed by atoms with E-state index in [0.717, 1.165) is 18.2 Å². The maximum absolute atomic E-state index is 13.0. The Bertz CT molecular complexity index is 795. The molecule has 2 aromatic carbocycles. The molecule has 1 aliphatic rings. The van der Waals surface area contributed by atoms with Crippen molar-refractivity contribution in [3.63, 3.8) is 0 Å². The Labute approximate surface area is 142 Å². The van der Waals surface area contributed by atoms with Crippen molar-refractivity contribution >= 4 is 33.2 Å². The summed E-state index contributed by atoms with van der Waals surface area (Å²) in [5, 5.41) is 1.48. The minimum Gasteiger partial charge on any atom is -0.496 e. The number of fused-ring (bicyclic) bond motifs is 1. The molecule has 1 atom stereocenters. The number of hydrogen-bond acceptors (Lipinski definition) is 4. The van der Waals surface area contributed by atoms with Crippen LogP contribution in [0.5, 0.6) is 5.75 Å². The first-order valence-corrected chi connectivity index (χ1v) is 8.79. The van der Waals surface area contributed by atoms with Crippen LogP contribution in [-0.2, 0) is 10.0 Å². The molecule has 1 aliphatic heterocycles. The number of sulfonamides is 1. The molecule has 7 heteroatoms. The van der Waals surface area contributed by atoms with Crippen molar-refractivity contribution in [2.45, 2.75) is 23.8 Å². The number of rotatable bonds is 3. The summed E-state index contributed by atoms with van der Waals surface area (Å²) in [6.07, 6.45) is 1.67. The van der Waals surface area contributed by atoms with Gasteiger partial charge in [-0.3, -0.25) is 0 Å². The Morgan fingerprint density at radius 1 is 1.17 bits per heavy atom. The molecule has 1 fully saturated rings. The molecular formula is C16H21ClN2O3S. The molecule has 5 nitrogen and oxygen atoms in total. The third kappa shape index (κ3) is 3.30. The average Bonchev–Trinajstić information content (AvgIpc) is 2.53. The normalized spacial score (nSPS) is 19.3. The van der Waals surface area contributed by atoms with Gasteiger partial charge >= 0.3 is 0 Å². The van der Waals surface area contributed by atoms with E-state index >= 15 is 0 Å². The summed E-state index contributed by atoms with van der Waals surface area (Å²) in [6, 6.07) is 10.6. The fourth-order valence-corrected chi connectivity index (χ4v) is 4.71. The topological polar surface area (TPSA) is 72.6 Å². The van der Waals surface area contributed by atoms with Crippen LogP contribution in [0.2, 0.25) is 0 Å². The molecule has 0 amide bonds. The Hall–Kier alpha value is -1.34. The van der Waals surface area contributed by atoms with E-state index < -0.39 is 10.0 Å². The largest absolute Gasteiger partial charge is 0.496 e. The van der Waals surface area contributed by atoms with Crippen LogP contribution in [0.3, 0.4) is 0 Å². The molecule has 0 spiro atoms. The number of methoxy groups -OCH3 is 1. The minimum atomic E-state index is -3.55. The Morgan fingerprint density at radius 3 is 2.52 bits per heavy atom. The minimum absolute atomic E-state index is 0. The van der Waals surface area contributed by atoms with Gasteiger partial charge in [0.05, 0.1) is 12.0 Å². The van der Waals surface area contributed by atoms with Crippen LogP contribution in [0, 0.1) is 0 Å². The molecule has 0 saturated carbocycles. The van der Waals surface area contributed by atoms with Crippen LogP contribution in [-0.4, -0.2) is 39.0 Å². The van der Waals surface area contributed by atoms with Crippen LogP contribution in [0.4, 0.5) is 0 Å². The highest BCUT2D eigenvalue weighted by molar-refractivity contribution is 7.89. The highest BCUT2D eigenvalue weighted by atomic mass is 35.5. The first-order valence-electron chi connectivity index (χ1n) is 7.35. The molecule has 0 bridgehead atoms. The quantitative estimate of drug-likeness (QED) is 0.916.